The van der Waals surface area contributed by atoms with Crippen LogP contribution in [0.2, 0.25) is 0 Å². The third-order valence-corrected chi connectivity index (χ3v) is 5.09. The van der Waals surface area contributed by atoms with Crippen LogP contribution in [0, 0.1) is 0 Å². The van der Waals surface area contributed by atoms with Crippen molar-refractivity contribution in [1.29, 1.82) is 0 Å². The van der Waals surface area contributed by atoms with E-state index < -0.39 is 10.2 Å². The van der Waals surface area contributed by atoms with E-state index in [2.05, 4.69) is 19.4 Å². The first kappa shape index (κ1) is 18.2. The molecule has 140 valence electrons. The zero-order valence-electron chi connectivity index (χ0n) is 14.6. The molecular weight excluding hydrogens is 358 g/mol. The first-order valence-corrected chi connectivity index (χ1v) is 9.69. The maximum Gasteiger partial charge on any atom is 0.367 e. The number of amidine groups is 2. The van der Waals surface area contributed by atoms with Crippen molar-refractivity contribution in [3.8, 4) is 5.75 Å². The van der Waals surface area contributed by atoms with Crippen LogP contribution in [0.5, 0.6) is 5.75 Å². The van der Waals surface area contributed by atoms with Gasteiger partial charge in [-0.25, -0.2) is 0 Å². The molecule has 0 aromatic heterocycles. The predicted molar refractivity (Wildman–Crippen MR) is 98.9 cm³/mol. The van der Waals surface area contributed by atoms with E-state index >= 15 is 0 Å². The minimum Gasteiger partial charge on any atom is -0.505 e. The van der Waals surface area contributed by atoms with Crippen molar-refractivity contribution in [1.82, 2.24) is 10.2 Å². The van der Waals surface area contributed by atoms with E-state index in [1.54, 1.807) is 20.2 Å². The summed E-state index contributed by atoms with van der Waals surface area (Å²) in [4.78, 5) is 13.5. The van der Waals surface area contributed by atoms with E-state index in [0.29, 0.717) is 0 Å². The zero-order valence-corrected chi connectivity index (χ0v) is 15.4. The second-order valence-electron chi connectivity index (χ2n) is 6.48. The number of amides is 1. The normalized spacial score (nSPS) is 19.0. The second-order valence-corrected chi connectivity index (χ2v) is 7.74. The molecule has 9 nitrogen and oxygen atoms in total. The average Bonchev–Trinajstić information content (AvgIpc) is 3.16. The number of hydrogen-bond acceptors (Lipinski definition) is 6. The number of anilines is 1. The largest absolute Gasteiger partial charge is 0.505 e. The number of carbonyl (C=O) groups is 1. The molecule has 1 saturated carbocycles. The number of phenols is 1. The summed E-state index contributed by atoms with van der Waals surface area (Å²) in [6.45, 7) is 0. The third kappa shape index (κ3) is 3.79. The fourth-order valence-corrected chi connectivity index (χ4v) is 3.74. The van der Waals surface area contributed by atoms with Crippen molar-refractivity contribution in [3.05, 3.63) is 23.8 Å². The van der Waals surface area contributed by atoms with Gasteiger partial charge in [-0.05, 0) is 25.0 Å². The standard InChI is InChI=1S/C16H21N5O4S/c1-21(2)16(23)11-8-5-9-12(13(11)22)18-15-14(19-26(24,25)20-15)17-10-6-3-4-7-10/h5,8-10,22H,3-4,6-7H2,1-2H3,(H,17,19)(H,18,20). The highest BCUT2D eigenvalue weighted by molar-refractivity contribution is 7.89. The molecular formula is C16H21N5O4S. The van der Waals surface area contributed by atoms with Crippen LogP contribution in [0.1, 0.15) is 36.0 Å². The summed E-state index contributed by atoms with van der Waals surface area (Å²) in [5, 5.41) is 16.3. The Morgan fingerprint density at radius 2 is 1.85 bits per heavy atom. The van der Waals surface area contributed by atoms with Gasteiger partial charge in [0.15, 0.2) is 17.4 Å². The van der Waals surface area contributed by atoms with Gasteiger partial charge in [0.05, 0.1) is 11.3 Å². The summed E-state index contributed by atoms with van der Waals surface area (Å²) in [6.07, 6.45) is 4.02. The van der Waals surface area contributed by atoms with Gasteiger partial charge in [-0.15, -0.1) is 8.80 Å². The van der Waals surface area contributed by atoms with Gasteiger partial charge in [-0.1, -0.05) is 18.9 Å². The van der Waals surface area contributed by atoms with Crippen LogP contribution in [0.3, 0.4) is 0 Å². The van der Waals surface area contributed by atoms with Crippen LogP contribution in [0.4, 0.5) is 5.69 Å². The first-order valence-electron chi connectivity index (χ1n) is 8.29. The molecule has 10 heteroatoms. The Hall–Kier alpha value is -2.62. The van der Waals surface area contributed by atoms with Crippen LogP contribution >= 0.6 is 0 Å². The number of phenolic OH excluding ortho intramolecular Hbond substituents is 1. The van der Waals surface area contributed by atoms with Gasteiger partial charge in [0, 0.05) is 20.1 Å². The fraction of sp³-hybridized carbons (Fsp3) is 0.438. The van der Waals surface area contributed by atoms with Gasteiger partial charge in [0.25, 0.3) is 5.91 Å². The maximum atomic E-state index is 12.1. The molecule has 26 heavy (non-hydrogen) atoms. The summed E-state index contributed by atoms with van der Waals surface area (Å²) in [7, 11) is -0.815. The topological polar surface area (TPSA) is 123 Å². The minimum absolute atomic E-state index is 0.00153. The molecule has 0 unspecified atom stereocenters. The molecule has 0 radical (unpaired) electrons. The molecule has 0 atom stereocenters. The molecule has 1 heterocycles. The van der Waals surface area contributed by atoms with E-state index in [1.165, 1.54) is 17.0 Å². The molecule has 1 aromatic rings. The molecule has 3 rings (SSSR count). The lowest BCUT2D eigenvalue weighted by Gasteiger charge is -2.17. The van der Waals surface area contributed by atoms with Crippen LogP contribution < -0.4 is 10.6 Å². The smallest absolute Gasteiger partial charge is 0.367 e. The van der Waals surface area contributed by atoms with E-state index in [9.17, 15) is 18.3 Å². The molecule has 1 fully saturated rings. The Morgan fingerprint density at radius 1 is 1.19 bits per heavy atom. The molecule has 3 N–H and O–H groups in total. The molecule has 1 aromatic carbocycles. The van der Waals surface area contributed by atoms with Gasteiger partial charge in [0.1, 0.15) is 0 Å². The average molecular weight is 379 g/mol. The van der Waals surface area contributed by atoms with Crippen LogP contribution in [-0.4, -0.2) is 56.1 Å². The second kappa shape index (κ2) is 6.94. The number of nitrogens with zero attached hydrogens (tertiary/aromatic N) is 3. The van der Waals surface area contributed by atoms with Crippen molar-refractivity contribution in [2.45, 2.75) is 31.7 Å². The summed E-state index contributed by atoms with van der Waals surface area (Å²) < 4.78 is 30.8. The van der Waals surface area contributed by atoms with Gasteiger partial charge in [-0.3, -0.25) is 4.79 Å². The highest BCUT2D eigenvalue weighted by atomic mass is 32.2. The monoisotopic (exact) mass is 379 g/mol. The van der Waals surface area contributed by atoms with Crippen molar-refractivity contribution >= 4 is 33.5 Å². The lowest BCUT2D eigenvalue weighted by atomic mass is 10.1. The Kier molecular flexibility index (Phi) is 4.86. The fourth-order valence-electron chi connectivity index (χ4n) is 2.96. The highest BCUT2D eigenvalue weighted by Gasteiger charge is 2.28. The van der Waals surface area contributed by atoms with E-state index in [-0.39, 0.29) is 40.6 Å². The number of carbonyl (C=O) groups excluding carboxylic acids is 1. The molecule has 2 aliphatic rings. The third-order valence-electron chi connectivity index (χ3n) is 4.26. The molecule has 0 spiro atoms. The summed E-state index contributed by atoms with van der Waals surface area (Å²) in [6, 6.07) is 4.75. The molecule has 1 aliphatic carbocycles. The van der Waals surface area contributed by atoms with Crippen molar-refractivity contribution < 1.29 is 18.3 Å². The van der Waals surface area contributed by atoms with E-state index in [0.717, 1.165) is 25.7 Å². The van der Waals surface area contributed by atoms with Gasteiger partial charge in [-0.2, -0.15) is 8.42 Å². The molecule has 1 amide bonds. The van der Waals surface area contributed by atoms with Gasteiger partial charge < -0.3 is 20.6 Å². The van der Waals surface area contributed by atoms with Crippen molar-refractivity contribution in [2.75, 3.05) is 19.4 Å². The molecule has 1 aliphatic heterocycles. The Bertz CT molecular complexity index is 886. The number of nitrogens with one attached hydrogen (secondary N) is 2. The van der Waals surface area contributed by atoms with Crippen molar-refractivity contribution in [2.24, 2.45) is 8.80 Å². The quantitative estimate of drug-likeness (QED) is 0.676. The van der Waals surface area contributed by atoms with Crippen molar-refractivity contribution in [3.63, 3.8) is 0 Å². The number of rotatable bonds is 3. The molecule has 0 saturated heterocycles. The number of hydrogen-bond donors (Lipinski definition) is 3. The predicted octanol–water partition coefficient (Wildman–Crippen LogP) is 1.09. The summed E-state index contributed by atoms with van der Waals surface area (Å²) in [5.41, 5.74) is 0.276. The minimum atomic E-state index is -3.97. The van der Waals surface area contributed by atoms with Gasteiger partial charge in [0.2, 0.25) is 0 Å². The molecule has 0 bridgehead atoms. The first-order chi connectivity index (χ1) is 12.3. The SMILES string of the molecule is CN(C)C(=O)c1cccc(NC2=NS(=O)(=O)N=C2NC2CCCC2)c1O. The lowest BCUT2D eigenvalue weighted by Crippen LogP contribution is -2.39. The maximum absolute atomic E-state index is 12.1. The number of benzene rings is 1. The number of aromatic hydroxyl groups is 1. The van der Waals surface area contributed by atoms with Crippen LogP contribution in [0.25, 0.3) is 0 Å². The summed E-state index contributed by atoms with van der Waals surface area (Å²) >= 11 is 0. The summed E-state index contributed by atoms with van der Waals surface area (Å²) in [5.74, 6) is -0.522. The Labute approximate surface area is 152 Å². The Balaban J connectivity index is 1.86. The van der Waals surface area contributed by atoms with Crippen LogP contribution in [-0.2, 0) is 10.2 Å². The van der Waals surface area contributed by atoms with E-state index in [4.69, 9.17) is 0 Å². The van der Waals surface area contributed by atoms with E-state index in [1.807, 2.05) is 0 Å². The lowest BCUT2D eigenvalue weighted by molar-refractivity contribution is 0.0824. The van der Waals surface area contributed by atoms with Gasteiger partial charge >= 0.3 is 10.2 Å². The zero-order chi connectivity index (χ0) is 18.9. The van der Waals surface area contributed by atoms with Crippen LogP contribution in [0.15, 0.2) is 27.0 Å². The Morgan fingerprint density at radius 3 is 2.50 bits per heavy atom. The number of para-hydroxylation sites is 1. The highest BCUT2D eigenvalue weighted by Crippen LogP contribution is 2.29.